The maximum absolute atomic E-state index is 10.8. The van der Waals surface area contributed by atoms with Crippen molar-refractivity contribution in [2.45, 2.75) is 25.8 Å². The third-order valence-electron chi connectivity index (χ3n) is 1.86. The van der Waals surface area contributed by atoms with Gasteiger partial charge < -0.3 is 5.32 Å². The molecule has 14 heavy (non-hydrogen) atoms. The molecule has 0 aliphatic carbocycles. The third-order valence-corrected chi connectivity index (χ3v) is 4.09. The maximum atomic E-state index is 10.8. The van der Waals surface area contributed by atoms with Crippen molar-refractivity contribution in [2.75, 3.05) is 24.3 Å². The van der Waals surface area contributed by atoms with Crippen LogP contribution in [-0.4, -0.2) is 39.2 Å². The molecule has 0 saturated carbocycles. The number of rotatable bonds is 4. The summed E-state index contributed by atoms with van der Waals surface area (Å²) in [6, 6.07) is 0. The van der Waals surface area contributed by atoms with Crippen molar-refractivity contribution in [3.63, 3.8) is 0 Å². The van der Waals surface area contributed by atoms with Gasteiger partial charge in [-0.2, -0.15) is 0 Å². The zero-order chi connectivity index (χ0) is 10.6. The van der Waals surface area contributed by atoms with E-state index in [0.29, 0.717) is 0 Å². The Labute approximate surface area is 92.6 Å². The van der Waals surface area contributed by atoms with E-state index in [1.54, 1.807) is 18.0 Å². The van der Waals surface area contributed by atoms with E-state index in [9.17, 15) is 4.21 Å². The molecule has 0 aromatic heterocycles. The molecule has 5 heteroatoms. The number of thioether (sulfide) groups is 1. The van der Waals surface area contributed by atoms with Crippen LogP contribution in [0.25, 0.3) is 0 Å². The number of hydrogen-bond acceptors (Lipinski definition) is 3. The van der Waals surface area contributed by atoms with Gasteiger partial charge in [-0.15, -0.1) is 0 Å². The van der Waals surface area contributed by atoms with Crippen molar-refractivity contribution in [1.29, 1.82) is 0 Å². The topological polar surface area (TPSA) is 41.5 Å². The highest BCUT2D eigenvalue weighted by atomic mass is 32.2. The molecule has 1 unspecified atom stereocenters. The minimum absolute atomic E-state index is 0.178. The van der Waals surface area contributed by atoms with E-state index in [1.165, 1.54) is 0 Å². The first kappa shape index (κ1) is 12.0. The SMILES string of the molecule is CS(=O)CCCN=C1NC(C)(C)CS1. The average Bonchev–Trinajstić information content (AvgIpc) is 2.39. The molecule has 1 aliphatic rings. The molecule has 1 N–H and O–H groups in total. The van der Waals surface area contributed by atoms with Gasteiger partial charge in [-0.25, -0.2) is 0 Å². The average molecular weight is 234 g/mol. The van der Waals surface area contributed by atoms with Crippen LogP contribution < -0.4 is 5.32 Å². The highest BCUT2D eigenvalue weighted by molar-refractivity contribution is 8.14. The van der Waals surface area contributed by atoms with Crippen LogP contribution in [0.15, 0.2) is 4.99 Å². The van der Waals surface area contributed by atoms with Gasteiger partial charge in [0, 0.05) is 40.6 Å². The standard InChI is InChI=1S/C9H18N2OS2/c1-9(2)7-13-8(11-9)10-5-4-6-14(3)12/h4-7H2,1-3H3,(H,10,11). The van der Waals surface area contributed by atoms with E-state index < -0.39 is 10.8 Å². The van der Waals surface area contributed by atoms with E-state index in [1.807, 2.05) is 0 Å². The second-order valence-electron chi connectivity index (χ2n) is 4.12. The van der Waals surface area contributed by atoms with Gasteiger partial charge in [0.15, 0.2) is 5.17 Å². The van der Waals surface area contributed by atoms with E-state index in [-0.39, 0.29) is 5.54 Å². The zero-order valence-corrected chi connectivity index (χ0v) is 10.6. The molecule has 1 atom stereocenters. The molecule has 0 radical (unpaired) electrons. The monoisotopic (exact) mass is 234 g/mol. The molecule has 1 fully saturated rings. The lowest BCUT2D eigenvalue weighted by atomic mass is 10.1. The van der Waals surface area contributed by atoms with E-state index in [0.717, 1.165) is 29.6 Å². The van der Waals surface area contributed by atoms with Gasteiger partial charge in [-0.1, -0.05) is 11.8 Å². The summed E-state index contributed by atoms with van der Waals surface area (Å²) in [6.07, 6.45) is 2.65. The molecule has 82 valence electrons. The Morgan fingerprint density at radius 3 is 2.86 bits per heavy atom. The Bertz CT molecular complexity index is 251. The highest BCUT2D eigenvalue weighted by Crippen LogP contribution is 2.21. The summed E-state index contributed by atoms with van der Waals surface area (Å²) >= 11 is 1.77. The molecule has 3 nitrogen and oxygen atoms in total. The summed E-state index contributed by atoms with van der Waals surface area (Å²) in [5.74, 6) is 1.83. The second kappa shape index (κ2) is 5.16. The van der Waals surface area contributed by atoms with Crippen LogP contribution in [-0.2, 0) is 10.8 Å². The predicted octanol–water partition coefficient (Wildman–Crippen LogP) is 1.23. The van der Waals surface area contributed by atoms with Gasteiger partial charge in [0.05, 0.1) is 0 Å². The van der Waals surface area contributed by atoms with Crippen LogP contribution in [0.3, 0.4) is 0 Å². The van der Waals surface area contributed by atoms with Crippen molar-refractivity contribution in [3.8, 4) is 0 Å². The van der Waals surface area contributed by atoms with Gasteiger partial charge in [0.2, 0.25) is 0 Å². The van der Waals surface area contributed by atoms with Crippen LogP contribution in [0, 0.1) is 0 Å². The molecule has 0 aromatic carbocycles. The molecule has 0 bridgehead atoms. The zero-order valence-electron chi connectivity index (χ0n) is 9.00. The van der Waals surface area contributed by atoms with Crippen LogP contribution in [0.1, 0.15) is 20.3 Å². The normalized spacial score (nSPS) is 24.9. The molecule has 0 amide bonds. The predicted molar refractivity (Wildman–Crippen MR) is 65.5 cm³/mol. The molecule has 1 saturated heterocycles. The highest BCUT2D eigenvalue weighted by Gasteiger charge is 2.26. The summed E-state index contributed by atoms with van der Waals surface area (Å²) in [5.41, 5.74) is 0.178. The Hall–Kier alpha value is -0.0300. The first-order chi connectivity index (χ1) is 6.49. The number of nitrogens with one attached hydrogen (secondary N) is 1. The third kappa shape index (κ3) is 4.46. The quantitative estimate of drug-likeness (QED) is 0.744. The fourth-order valence-electron chi connectivity index (χ4n) is 1.14. The lowest BCUT2D eigenvalue weighted by Gasteiger charge is -2.15. The fourth-order valence-corrected chi connectivity index (χ4v) is 2.78. The molecular formula is C9H18N2OS2. The van der Waals surface area contributed by atoms with Crippen molar-refractivity contribution in [3.05, 3.63) is 0 Å². The first-order valence-corrected chi connectivity index (χ1v) is 7.46. The van der Waals surface area contributed by atoms with E-state index in [2.05, 4.69) is 24.2 Å². The summed E-state index contributed by atoms with van der Waals surface area (Å²) < 4.78 is 10.8. The lowest BCUT2D eigenvalue weighted by Crippen LogP contribution is -2.36. The molecular weight excluding hydrogens is 216 g/mol. The van der Waals surface area contributed by atoms with Gasteiger partial charge in [-0.05, 0) is 20.3 Å². The van der Waals surface area contributed by atoms with Crippen molar-refractivity contribution in [1.82, 2.24) is 5.32 Å². The molecule has 1 heterocycles. The van der Waals surface area contributed by atoms with E-state index >= 15 is 0 Å². The summed E-state index contributed by atoms with van der Waals surface area (Å²) in [7, 11) is -0.680. The molecule has 1 aliphatic heterocycles. The number of amidine groups is 1. The molecule has 0 aromatic rings. The largest absolute Gasteiger partial charge is 0.359 e. The summed E-state index contributed by atoms with van der Waals surface area (Å²) in [4.78, 5) is 4.42. The summed E-state index contributed by atoms with van der Waals surface area (Å²) in [6.45, 7) is 5.12. The second-order valence-corrected chi connectivity index (χ2v) is 6.63. The van der Waals surface area contributed by atoms with Crippen LogP contribution in [0.4, 0.5) is 0 Å². The van der Waals surface area contributed by atoms with Crippen molar-refractivity contribution < 1.29 is 4.21 Å². The van der Waals surface area contributed by atoms with Crippen LogP contribution in [0.2, 0.25) is 0 Å². The Morgan fingerprint density at radius 1 is 1.64 bits per heavy atom. The fraction of sp³-hybridized carbons (Fsp3) is 0.889. The smallest absolute Gasteiger partial charge is 0.157 e. The summed E-state index contributed by atoms with van der Waals surface area (Å²) in [5, 5.41) is 4.39. The van der Waals surface area contributed by atoms with Crippen molar-refractivity contribution in [2.24, 2.45) is 4.99 Å². The maximum Gasteiger partial charge on any atom is 0.157 e. The minimum atomic E-state index is -0.680. The Morgan fingerprint density at radius 2 is 2.36 bits per heavy atom. The van der Waals surface area contributed by atoms with Gasteiger partial charge in [0.1, 0.15) is 0 Å². The Kier molecular flexibility index (Phi) is 4.44. The minimum Gasteiger partial charge on any atom is -0.359 e. The first-order valence-electron chi connectivity index (χ1n) is 4.75. The molecule has 0 spiro atoms. The van der Waals surface area contributed by atoms with Gasteiger partial charge in [-0.3, -0.25) is 9.20 Å². The van der Waals surface area contributed by atoms with Crippen LogP contribution in [0.5, 0.6) is 0 Å². The number of aliphatic imine (C=N–C) groups is 1. The lowest BCUT2D eigenvalue weighted by molar-refractivity contribution is 0.536. The molecule has 1 rings (SSSR count). The van der Waals surface area contributed by atoms with Gasteiger partial charge >= 0.3 is 0 Å². The van der Waals surface area contributed by atoms with E-state index in [4.69, 9.17) is 0 Å². The number of hydrogen-bond donors (Lipinski definition) is 1. The van der Waals surface area contributed by atoms with Crippen molar-refractivity contribution >= 4 is 27.7 Å². The van der Waals surface area contributed by atoms with Crippen LogP contribution >= 0.6 is 11.8 Å². The van der Waals surface area contributed by atoms with Gasteiger partial charge in [0.25, 0.3) is 0 Å². The number of nitrogens with zero attached hydrogens (tertiary/aromatic N) is 1. The Balaban J connectivity index is 2.23.